The summed E-state index contributed by atoms with van der Waals surface area (Å²) >= 11 is 1.49. The maximum Gasteiger partial charge on any atom is 0.435 e. The minimum absolute atomic E-state index is 0.244. The normalized spacial score (nSPS) is 12.3. The smallest absolute Gasteiger partial charge is 0.308 e. The van der Waals surface area contributed by atoms with E-state index in [1.54, 1.807) is 0 Å². The third-order valence-corrected chi connectivity index (χ3v) is 3.41. The van der Waals surface area contributed by atoms with Crippen LogP contribution in [0.15, 0.2) is 17.6 Å². The monoisotopic (exact) mass is 304 g/mol. The summed E-state index contributed by atoms with van der Waals surface area (Å²) in [5, 5.41) is 9.49. The van der Waals surface area contributed by atoms with Gasteiger partial charge in [-0.05, 0) is 6.07 Å². The molecular weight excluding hydrogens is 289 g/mol. The molecule has 2 heterocycles. The lowest BCUT2D eigenvalue weighted by Gasteiger charge is -2.04. The number of rotatable bonds is 5. The van der Waals surface area contributed by atoms with Crippen LogP contribution in [0.1, 0.15) is 30.2 Å². The first-order chi connectivity index (χ1) is 9.34. The van der Waals surface area contributed by atoms with Gasteiger partial charge in [0.25, 0.3) is 0 Å². The van der Waals surface area contributed by atoms with Crippen molar-refractivity contribution in [1.82, 2.24) is 20.1 Å². The molecule has 0 aromatic carbocycles. The molecule has 0 saturated carbocycles. The van der Waals surface area contributed by atoms with Crippen molar-refractivity contribution in [2.45, 2.75) is 39.2 Å². The quantitative estimate of drug-likeness (QED) is 0.923. The van der Waals surface area contributed by atoms with E-state index in [0.717, 1.165) is 11.1 Å². The largest absolute Gasteiger partial charge is 0.435 e. The van der Waals surface area contributed by atoms with Crippen LogP contribution in [0, 0.1) is 0 Å². The van der Waals surface area contributed by atoms with E-state index in [1.807, 2.05) is 19.2 Å². The number of hydrogen-bond donors (Lipinski definition) is 1. The molecule has 0 spiro atoms. The van der Waals surface area contributed by atoms with E-state index < -0.39 is 11.9 Å². The highest BCUT2D eigenvalue weighted by Crippen LogP contribution is 2.27. The molecule has 8 heteroatoms. The Kier molecular flexibility index (Phi) is 4.44. The van der Waals surface area contributed by atoms with Gasteiger partial charge in [-0.25, -0.2) is 4.98 Å². The summed E-state index contributed by atoms with van der Waals surface area (Å²) in [6.07, 6.45) is -3.09. The number of halogens is 3. The summed E-state index contributed by atoms with van der Waals surface area (Å²) in [6.45, 7) is 4.98. The summed E-state index contributed by atoms with van der Waals surface area (Å²) in [4.78, 5) is 4.36. The summed E-state index contributed by atoms with van der Waals surface area (Å²) in [6, 6.07) is 1.33. The van der Waals surface area contributed by atoms with Gasteiger partial charge in [-0.1, -0.05) is 13.8 Å². The summed E-state index contributed by atoms with van der Waals surface area (Å²) < 4.78 is 38.5. The molecule has 0 saturated heterocycles. The van der Waals surface area contributed by atoms with Crippen LogP contribution in [-0.2, 0) is 19.3 Å². The highest BCUT2D eigenvalue weighted by Gasteiger charge is 2.33. The van der Waals surface area contributed by atoms with Crippen molar-refractivity contribution in [3.05, 3.63) is 34.0 Å². The molecule has 1 N–H and O–H groups in total. The molecule has 110 valence electrons. The molecule has 0 radical (unpaired) electrons. The van der Waals surface area contributed by atoms with Crippen molar-refractivity contribution in [2.24, 2.45) is 0 Å². The van der Waals surface area contributed by atoms with Crippen molar-refractivity contribution < 1.29 is 13.2 Å². The molecule has 0 aliphatic rings. The first kappa shape index (κ1) is 15.0. The van der Waals surface area contributed by atoms with Crippen LogP contribution >= 0.6 is 11.3 Å². The standard InChI is InChI=1S/C12H15F3N4S/c1-8(2)16-5-11-17-9(7-20-11)6-19-4-3-10(18-19)12(13,14)15/h3-4,7-8,16H,5-6H2,1-2H3. The molecule has 0 fully saturated rings. The van der Waals surface area contributed by atoms with E-state index in [9.17, 15) is 13.2 Å². The van der Waals surface area contributed by atoms with Gasteiger partial charge in [-0.15, -0.1) is 11.3 Å². The third kappa shape index (κ3) is 4.04. The van der Waals surface area contributed by atoms with Crippen LogP contribution in [-0.4, -0.2) is 20.8 Å². The van der Waals surface area contributed by atoms with Crippen LogP contribution in [0.3, 0.4) is 0 Å². The molecule has 2 aromatic rings. The molecule has 2 aromatic heterocycles. The molecule has 4 nitrogen and oxygen atoms in total. The average Bonchev–Trinajstić information content (AvgIpc) is 2.95. The molecule has 0 aliphatic carbocycles. The van der Waals surface area contributed by atoms with Gasteiger partial charge < -0.3 is 5.32 Å². The zero-order valence-corrected chi connectivity index (χ0v) is 11.9. The van der Waals surface area contributed by atoms with E-state index >= 15 is 0 Å². The Hall–Kier alpha value is -1.41. The Bertz CT molecular complexity index is 559. The predicted octanol–water partition coefficient (Wildman–Crippen LogP) is 2.90. The third-order valence-electron chi connectivity index (χ3n) is 2.52. The van der Waals surface area contributed by atoms with Gasteiger partial charge in [-0.3, -0.25) is 4.68 Å². The van der Waals surface area contributed by atoms with Gasteiger partial charge in [0.05, 0.1) is 12.2 Å². The fraction of sp³-hybridized carbons (Fsp3) is 0.500. The van der Waals surface area contributed by atoms with Gasteiger partial charge in [0, 0.05) is 24.2 Å². The molecular formula is C12H15F3N4S. The van der Waals surface area contributed by atoms with Crippen LogP contribution in [0.25, 0.3) is 0 Å². The van der Waals surface area contributed by atoms with Crippen LogP contribution < -0.4 is 5.32 Å². The number of hydrogen-bond acceptors (Lipinski definition) is 4. The first-order valence-electron chi connectivity index (χ1n) is 6.12. The van der Waals surface area contributed by atoms with Crippen LogP contribution in [0.4, 0.5) is 13.2 Å². The van der Waals surface area contributed by atoms with Crippen molar-refractivity contribution in [3.8, 4) is 0 Å². The zero-order chi connectivity index (χ0) is 14.8. The van der Waals surface area contributed by atoms with E-state index in [-0.39, 0.29) is 6.54 Å². The van der Waals surface area contributed by atoms with Crippen LogP contribution in [0.5, 0.6) is 0 Å². The zero-order valence-electron chi connectivity index (χ0n) is 11.1. The Balaban J connectivity index is 1.98. The second-order valence-corrected chi connectivity index (χ2v) is 5.61. The average molecular weight is 304 g/mol. The van der Waals surface area contributed by atoms with E-state index in [1.165, 1.54) is 22.2 Å². The summed E-state index contributed by atoms with van der Waals surface area (Å²) in [7, 11) is 0. The fourth-order valence-corrected chi connectivity index (χ4v) is 2.30. The van der Waals surface area contributed by atoms with Gasteiger partial charge in [0.1, 0.15) is 5.01 Å². The molecule has 20 heavy (non-hydrogen) atoms. The van der Waals surface area contributed by atoms with Gasteiger partial charge in [0.15, 0.2) is 5.69 Å². The Morgan fingerprint density at radius 3 is 2.75 bits per heavy atom. The molecule has 0 amide bonds. The minimum atomic E-state index is -4.40. The highest BCUT2D eigenvalue weighted by atomic mass is 32.1. The van der Waals surface area contributed by atoms with Crippen molar-refractivity contribution in [3.63, 3.8) is 0 Å². The Morgan fingerprint density at radius 2 is 2.15 bits per heavy atom. The van der Waals surface area contributed by atoms with E-state index in [4.69, 9.17) is 0 Å². The van der Waals surface area contributed by atoms with Gasteiger partial charge in [0.2, 0.25) is 0 Å². The van der Waals surface area contributed by atoms with Crippen molar-refractivity contribution in [1.29, 1.82) is 0 Å². The lowest BCUT2D eigenvalue weighted by Crippen LogP contribution is -2.21. The molecule has 0 atom stereocenters. The molecule has 0 unspecified atom stereocenters. The number of alkyl halides is 3. The maximum absolute atomic E-state index is 12.4. The van der Waals surface area contributed by atoms with E-state index in [0.29, 0.717) is 18.3 Å². The maximum atomic E-state index is 12.4. The van der Waals surface area contributed by atoms with Crippen LogP contribution in [0.2, 0.25) is 0 Å². The summed E-state index contributed by atoms with van der Waals surface area (Å²) in [5.74, 6) is 0. The van der Waals surface area contributed by atoms with E-state index in [2.05, 4.69) is 15.4 Å². The second-order valence-electron chi connectivity index (χ2n) is 4.66. The number of nitrogens with one attached hydrogen (secondary N) is 1. The number of aromatic nitrogens is 3. The number of nitrogens with zero attached hydrogens (tertiary/aromatic N) is 3. The lowest BCUT2D eigenvalue weighted by atomic mass is 10.4. The minimum Gasteiger partial charge on any atom is -0.308 e. The topological polar surface area (TPSA) is 42.7 Å². The predicted molar refractivity (Wildman–Crippen MR) is 70.4 cm³/mol. The molecule has 0 bridgehead atoms. The Labute approximate surface area is 118 Å². The van der Waals surface area contributed by atoms with Gasteiger partial charge in [-0.2, -0.15) is 18.3 Å². The number of thiazole rings is 1. The highest BCUT2D eigenvalue weighted by molar-refractivity contribution is 7.09. The molecule has 2 rings (SSSR count). The van der Waals surface area contributed by atoms with Crippen molar-refractivity contribution >= 4 is 11.3 Å². The first-order valence-corrected chi connectivity index (χ1v) is 7.00. The summed E-state index contributed by atoms with van der Waals surface area (Å²) in [5.41, 5.74) is -0.165. The Morgan fingerprint density at radius 1 is 1.40 bits per heavy atom. The SMILES string of the molecule is CC(C)NCc1nc(Cn2ccc(C(F)(F)F)n2)cs1. The lowest BCUT2D eigenvalue weighted by molar-refractivity contribution is -0.141. The van der Waals surface area contributed by atoms with Gasteiger partial charge >= 0.3 is 6.18 Å². The van der Waals surface area contributed by atoms with Crippen molar-refractivity contribution in [2.75, 3.05) is 0 Å². The second kappa shape index (κ2) is 5.92. The fourth-order valence-electron chi connectivity index (χ4n) is 1.56. The molecule has 0 aliphatic heterocycles.